The molecule has 0 amide bonds. The van der Waals surface area contributed by atoms with Gasteiger partial charge in [-0.1, -0.05) is 58.4 Å². The Hall–Kier alpha value is -2.41. The zero-order valence-corrected chi connectivity index (χ0v) is 14.9. The second-order valence-corrected chi connectivity index (χ2v) is 6.50. The van der Waals surface area contributed by atoms with Gasteiger partial charge >= 0.3 is 0 Å². The number of ketones is 2. The summed E-state index contributed by atoms with van der Waals surface area (Å²) >= 11 is 3.21. The first-order valence-electron chi connectivity index (χ1n) is 7.44. The quantitative estimate of drug-likeness (QED) is 0.301. The molecule has 0 heterocycles. The standard InChI is InChI=1S/C18H15BrFNO4/c1-12(22)18(20,17(23)14-7-9-15(19)10-8-14)16(11-21(24)25)13-5-3-2-4-6-13/h2-10,16H,11H2,1H3/t16-,18+/m0/s1. The number of nitro groups is 1. The first-order chi connectivity index (χ1) is 11.8. The molecule has 5 nitrogen and oxygen atoms in total. The Morgan fingerprint density at radius 3 is 2.20 bits per heavy atom. The summed E-state index contributed by atoms with van der Waals surface area (Å²) < 4.78 is 16.5. The van der Waals surface area contributed by atoms with Crippen LogP contribution in [0.4, 0.5) is 4.39 Å². The fraction of sp³-hybridized carbons (Fsp3) is 0.222. The molecule has 130 valence electrons. The number of rotatable bonds is 7. The van der Waals surface area contributed by atoms with Crippen LogP contribution in [0, 0.1) is 10.1 Å². The Morgan fingerprint density at radius 2 is 1.72 bits per heavy atom. The van der Waals surface area contributed by atoms with Crippen LogP contribution < -0.4 is 0 Å². The highest BCUT2D eigenvalue weighted by atomic mass is 79.9. The van der Waals surface area contributed by atoms with Gasteiger partial charge in [0.15, 0.2) is 5.78 Å². The molecule has 7 heteroatoms. The normalized spacial score (nSPS) is 14.4. The van der Waals surface area contributed by atoms with Crippen LogP contribution >= 0.6 is 15.9 Å². The van der Waals surface area contributed by atoms with Gasteiger partial charge in [-0.05, 0) is 24.6 Å². The van der Waals surface area contributed by atoms with Crippen molar-refractivity contribution in [1.82, 2.24) is 0 Å². The van der Waals surface area contributed by atoms with E-state index in [-0.39, 0.29) is 11.1 Å². The number of hydrogen-bond acceptors (Lipinski definition) is 4. The Labute approximate surface area is 152 Å². The van der Waals surface area contributed by atoms with Gasteiger partial charge in [-0.15, -0.1) is 0 Å². The number of hydrogen-bond donors (Lipinski definition) is 0. The van der Waals surface area contributed by atoms with Gasteiger partial charge in [0.1, 0.15) is 0 Å². The molecule has 2 rings (SSSR count). The first kappa shape index (κ1) is 18.9. The second kappa shape index (κ2) is 7.65. The van der Waals surface area contributed by atoms with Crippen LogP contribution in [0.2, 0.25) is 0 Å². The van der Waals surface area contributed by atoms with Gasteiger partial charge in [0.2, 0.25) is 18.0 Å². The average Bonchev–Trinajstić information content (AvgIpc) is 2.59. The lowest BCUT2D eigenvalue weighted by molar-refractivity contribution is -0.485. The third kappa shape index (κ3) is 3.99. The molecule has 2 aromatic carbocycles. The fourth-order valence-corrected chi connectivity index (χ4v) is 2.93. The van der Waals surface area contributed by atoms with Crippen molar-refractivity contribution in [2.45, 2.75) is 18.5 Å². The van der Waals surface area contributed by atoms with Crippen LogP contribution in [0.1, 0.15) is 28.8 Å². The van der Waals surface area contributed by atoms with Gasteiger partial charge in [0, 0.05) is 15.0 Å². The van der Waals surface area contributed by atoms with Crippen LogP contribution in [0.5, 0.6) is 0 Å². The van der Waals surface area contributed by atoms with E-state index in [0.717, 1.165) is 6.92 Å². The molecule has 0 fully saturated rings. The predicted molar refractivity (Wildman–Crippen MR) is 94.0 cm³/mol. The van der Waals surface area contributed by atoms with Crippen molar-refractivity contribution >= 4 is 27.5 Å². The summed E-state index contributed by atoms with van der Waals surface area (Å²) in [5.41, 5.74) is -2.82. The number of nitrogens with zero attached hydrogens (tertiary/aromatic N) is 1. The molecular formula is C18H15BrFNO4. The molecule has 0 saturated heterocycles. The summed E-state index contributed by atoms with van der Waals surface area (Å²) in [6.45, 7) is 0.0645. The van der Waals surface area contributed by atoms with Crippen molar-refractivity contribution in [2.75, 3.05) is 6.54 Å². The lowest BCUT2D eigenvalue weighted by atomic mass is 9.76. The average molecular weight is 408 g/mol. The molecule has 0 saturated carbocycles. The molecule has 0 radical (unpaired) electrons. The van der Waals surface area contributed by atoms with Gasteiger partial charge in [0.25, 0.3) is 0 Å². The van der Waals surface area contributed by atoms with E-state index in [9.17, 15) is 19.7 Å². The van der Waals surface area contributed by atoms with E-state index in [1.54, 1.807) is 30.3 Å². The smallest absolute Gasteiger partial charge is 0.243 e. The summed E-state index contributed by atoms with van der Waals surface area (Å²) in [7, 11) is 0. The maximum Gasteiger partial charge on any atom is 0.243 e. The molecule has 0 spiro atoms. The number of Topliss-reactive ketones (excluding diaryl/α,β-unsaturated/α-hetero) is 2. The van der Waals surface area contributed by atoms with Crippen LogP contribution in [0.15, 0.2) is 59.1 Å². The molecule has 0 unspecified atom stereocenters. The van der Waals surface area contributed by atoms with Crippen molar-refractivity contribution in [3.63, 3.8) is 0 Å². The molecule has 0 aliphatic heterocycles. The summed E-state index contributed by atoms with van der Waals surface area (Å²) in [4.78, 5) is 35.2. The molecule has 0 bridgehead atoms. The third-order valence-electron chi connectivity index (χ3n) is 3.96. The van der Waals surface area contributed by atoms with Crippen molar-refractivity contribution in [1.29, 1.82) is 0 Å². The zero-order chi connectivity index (χ0) is 18.6. The van der Waals surface area contributed by atoms with Crippen LogP contribution in [0.3, 0.4) is 0 Å². The van der Waals surface area contributed by atoms with Gasteiger partial charge < -0.3 is 0 Å². The SMILES string of the molecule is CC(=O)[C@](F)(C(=O)c1ccc(Br)cc1)[C@@H](C[N+](=O)[O-])c1ccccc1. The number of carbonyl (C=O) groups excluding carboxylic acids is 2. The first-order valence-corrected chi connectivity index (χ1v) is 8.23. The Bertz CT molecular complexity index is 794. The lowest BCUT2D eigenvalue weighted by Gasteiger charge is -2.28. The largest absolute Gasteiger partial charge is 0.296 e. The highest BCUT2D eigenvalue weighted by Crippen LogP contribution is 2.36. The Balaban J connectivity index is 2.57. The van der Waals surface area contributed by atoms with Gasteiger partial charge in [-0.3, -0.25) is 19.7 Å². The third-order valence-corrected chi connectivity index (χ3v) is 4.49. The summed E-state index contributed by atoms with van der Waals surface area (Å²) in [6, 6.07) is 13.6. The van der Waals surface area contributed by atoms with E-state index in [2.05, 4.69) is 15.9 Å². The summed E-state index contributed by atoms with van der Waals surface area (Å²) in [5.74, 6) is -3.66. The maximum absolute atomic E-state index is 15.8. The lowest BCUT2D eigenvalue weighted by Crippen LogP contribution is -2.49. The number of halogens is 2. The molecule has 0 aliphatic rings. The Kier molecular flexibility index (Phi) is 5.79. The van der Waals surface area contributed by atoms with E-state index >= 15 is 4.39 Å². The Morgan fingerprint density at radius 1 is 1.16 bits per heavy atom. The molecule has 25 heavy (non-hydrogen) atoms. The van der Waals surface area contributed by atoms with E-state index in [1.807, 2.05) is 0 Å². The van der Waals surface area contributed by atoms with Crippen molar-refractivity contribution in [3.8, 4) is 0 Å². The minimum absolute atomic E-state index is 0.0230. The number of benzene rings is 2. The summed E-state index contributed by atoms with van der Waals surface area (Å²) in [6.07, 6.45) is 0. The van der Waals surface area contributed by atoms with Gasteiger partial charge in [-0.2, -0.15) is 0 Å². The monoisotopic (exact) mass is 407 g/mol. The van der Waals surface area contributed by atoms with Crippen molar-refractivity contribution < 1.29 is 18.9 Å². The van der Waals surface area contributed by atoms with E-state index in [1.165, 1.54) is 24.3 Å². The van der Waals surface area contributed by atoms with Gasteiger partial charge in [-0.25, -0.2) is 4.39 Å². The molecule has 0 aliphatic carbocycles. The van der Waals surface area contributed by atoms with Crippen LogP contribution in [-0.2, 0) is 4.79 Å². The topological polar surface area (TPSA) is 77.3 Å². The summed E-state index contributed by atoms with van der Waals surface area (Å²) in [5, 5.41) is 11.1. The second-order valence-electron chi connectivity index (χ2n) is 5.58. The molecular weight excluding hydrogens is 393 g/mol. The molecule has 0 aromatic heterocycles. The molecule has 2 aromatic rings. The van der Waals surface area contributed by atoms with Crippen LogP contribution in [0.25, 0.3) is 0 Å². The van der Waals surface area contributed by atoms with E-state index in [4.69, 9.17) is 0 Å². The van der Waals surface area contributed by atoms with Crippen molar-refractivity contribution in [3.05, 3.63) is 80.3 Å². The van der Waals surface area contributed by atoms with E-state index < -0.39 is 34.6 Å². The minimum atomic E-state index is -3.03. The highest BCUT2D eigenvalue weighted by molar-refractivity contribution is 9.10. The number of carbonyl (C=O) groups is 2. The maximum atomic E-state index is 15.8. The van der Waals surface area contributed by atoms with Gasteiger partial charge in [0.05, 0.1) is 5.92 Å². The molecule has 2 atom stereocenters. The fourth-order valence-electron chi connectivity index (χ4n) is 2.67. The predicted octanol–water partition coefficient (Wildman–Crippen LogP) is 3.99. The zero-order valence-electron chi connectivity index (χ0n) is 13.3. The minimum Gasteiger partial charge on any atom is -0.296 e. The highest BCUT2D eigenvalue weighted by Gasteiger charge is 2.53. The van der Waals surface area contributed by atoms with Crippen LogP contribution in [-0.4, -0.2) is 28.7 Å². The van der Waals surface area contributed by atoms with E-state index in [0.29, 0.717) is 4.47 Å². The number of alkyl halides is 1. The van der Waals surface area contributed by atoms with Crippen molar-refractivity contribution in [2.24, 2.45) is 0 Å². The molecule has 0 N–H and O–H groups in total.